The minimum atomic E-state index is -1.56. The summed E-state index contributed by atoms with van der Waals surface area (Å²) in [7, 11) is 0. The molecule has 92 valence electrons. The number of hydrogen-bond donors (Lipinski definition) is 2. The molecule has 3 nitrogen and oxygen atoms in total. The van der Waals surface area contributed by atoms with E-state index in [1.165, 1.54) is 13.0 Å². The number of carboxylic acids is 1. The Kier molecular flexibility index (Phi) is 3.96. The highest BCUT2D eigenvalue weighted by Gasteiger charge is 2.35. The Morgan fingerprint density at radius 1 is 1.47 bits per heavy atom. The van der Waals surface area contributed by atoms with Gasteiger partial charge in [-0.1, -0.05) is 6.08 Å². The van der Waals surface area contributed by atoms with Crippen molar-refractivity contribution in [1.29, 1.82) is 0 Å². The third-order valence-corrected chi connectivity index (χ3v) is 2.47. The predicted molar refractivity (Wildman–Crippen MR) is 59.5 cm³/mol. The maximum absolute atomic E-state index is 13.1. The lowest BCUT2D eigenvalue weighted by molar-refractivity contribution is -0.144. The minimum absolute atomic E-state index is 0.0179. The summed E-state index contributed by atoms with van der Waals surface area (Å²) >= 11 is 0. The van der Waals surface area contributed by atoms with Gasteiger partial charge in [0.05, 0.1) is 0 Å². The predicted octanol–water partition coefficient (Wildman–Crippen LogP) is 2.04. The van der Waals surface area contributed by atoms with Gasteiger partial charge in [0, 0.05) is 12.6 Å². The van der Waals surface area contributed by atoms with Gasteiger partial charge in [-0.15, -0.1) is 6.58 Å². The van der Waals surface area contributed by atoms with E-state index in [-0.39, 0.29) is 12.1 Å². The number of carbonyl (C=O) groups is 1. The smallest absolute Gasteiger partial charge is 0.328 e. The maximum atomic E-state index is 13.1. The molecular formula is C12H13F2NO2. The SMILES string of the molecule is C=CCNC(C)(C(=O)O)c1cc(F)cc(F)c1. The van der Waals surface area contributed by atoms with Crippen molar-refractivity contribution in [2.75, 3.05) is 6.54 Å². The fourth-order valence-electron chi connectivity index (χ4n) is 1.42. The molecule has 1 aromatic rings. The molecule has 0 aliphatic carbocycles. The van der Waals surface area contributed by atoms with Gasteiger partial charge < -0.3 is 5.11 Å². The van der Waals surface area contributed by atoms with E-state index in [0.717, 1.165) is 12.1 Å². The quantitative estimate of drug-likeness (QED) is 0.775. The monoisotopic (exact) mass is 241 g/mol. The van der Waals surface area contributed by atoms with Crippen LogP contribution in [0.5, 0.6) is 0 Å². The van der Waals surface area contributed by atoms with Crippen molar-refractivity contribution in [2.45, 2.75) is 12.5 Å². The minimum Gasteiger partial charge on any atom is -0.480 e. The zero-order valence-electron chi connectivity index (χ0n) is 9.34. The molecule has 1 unspecified atom stereocenters. The van der Waals surface area contributed by atoms with E-state index in [9.17, 15) is 13.6 Å². The lowest BCUT2D eigenvalue weighted by atomic mass is 9.92. The number of benzene rings is 1. The van der Waals surface area contributed by atoms with Crippen LogP contribution in [0.4, 0.5) is 8.78 Å². The molecule has 0 bridgehead atoms. The van der Waals surface area contributed by atoms with E-state index in [2.05, 4.69) is 11.9 Å². The Hall–Kier alpha value is -1.75. The molecule has 0 saturated heterocycles. The molecule has 5 heteroatoms. The summed E-state index contributed by atoms with van der Waals surface area (Å²) in [5.74, 6) is -2.84. The van der Waals surface area contributed by atoms with Gasteiger partial charge in [-0.2, -0.15) is 0 Å². The lowest BCUT2D eigenvalue weighted by Crippen LogP contribution is -2.46. The van der Waals surface area contributed by atoms with Gasteiger partial charge in [0.1, 0.15) is 17.2 Å². The Balaban J connectivity index is 3.21. The van der Waals surface area contributed by atoms with Crippen molar-refractivity contribution in [3.05, 3.63) is 48.1 Å². The largest absolute Gasteiger partial charge is 0.480 e. The van der Waals surface area contributed by atoms with Crippen molar-refractivity contribution in [1.82, 2.24) is 5.32 Å². The van der Waals surface area contributed by atoms with Gasteiger partial charge in [-0.05, 0) is 24.6 Å². The van der Waals surface area contributed by atoms with Crippen LogP contribution in [0.25, 0.3) is 0 Å². The molecule has 0 spiro atoms. The van der Waals surface area contributed by atoms with Crippen LogP contribution in [-0.4, -0.2) is 17.6 Å². The molecule has 1 atom stereocenters. The first-order valence-electron chi connectivity index (χ1n) is 4.96. The fraction of sp³-hybridized carbons (Fsp3) is 0.250. The molecule has 1 rings (SSSR count). The first-order valence-corrected chi connectivity index (χ1v) is 4.96. The van der Waals surface area contributed by atoms with E-state index in [1.54, 1.807) is 0 Å². The van der Waals surface area contributed by atoms with Gasteiger partial charge >= 0.3 is 5.97 Å². The molecule has 0 aromatic heterocycles. The molecule has 2 N–H and O–H groups in total. The van der Waals surface area contributed by atoms with E-state index in [4.69, 9.17) is 5.11 Å². The summed E-state index contributed by atoms with van der Waals surface area (Å²) in [5.41, 5.74) is -1.54. The van der Waals surface area contributed by atoms with E-state index in [1.807, 2.05) is 0 Å². The maximum Gasteiger partial charge on any atom is 0.328 e. The van der Waals surface area contributed by atoms with E-state index >= 15 is 0 Å². The van der Waals surface area contributed by atoms with E-state index < -0.39 is 23.1 Å². The van der Waals surface area contributed by atoms with Crippen LogP contribution >= 0.6 is 0 Å². The van der Waals surface area contributed by atoms with Crippen LogP contribution in [0, 0.1) is 11.6 Å². The molecule has 0 fully saturated rings. The number of nitrogens with one attached hydrogen (secondary N) is 1. The molecule has 0 saturated carbocycles. The zero-order chi connectivity index (χ0) is 13.1. The summed E-state index contributed by atoms with van der Waals surface area (Å²) in [6, 6.07) is 2.68. The van der Waals surface area contributed by atoms with Crippen LogP contribution in [0.3, 0.4) is 0 Å². The molecule has 0 radical (unpaired) electrons. The Bertz CT molecular complexity index is 428. The number of aliphatic carboxylic acids is 1. The van der Waals surface area contributed by atoms with Crippen molar-refractivity contribution in [3.8, 4) is 0 Å². The first-order chi connectivity index (χ1) is 7.90. The summed E-state index contributed by atoms with van der Waals surface area (Å²) in [6.45, 7) is 5.00. The lowest BCUT2D eigenvalue weighted by Gasteiger charge is -2.26. The first kappa shape index (κ1) is 13.3. The van der Waals surface area contributed by atoms with Crippen molar-refractivity contribution in [2.24, 2.45) is 0 Å². The molecule has 17 heavy (non-hydrogen) atoms. The van der Waals surface area contributed by atoms with Crippen LogP contribution < -0.4 is 5.32 Å². The van der Waals surface area contributed by atoms with Crippen LogP contribution in [0.15, 0.2) is 30.9 Å². The standard InChI is InChI=1S/C12H13F2NO2/c1-3-4-15-12(2,11(16)17)8-5-9(13)7-10(14)6-8/h3,5-7,15H,1,4H2,2H3,(H,16,17). The third-order valence-electron chi connectivity index (χ3n) is 2.47. The van der Waals surface area contributed by atoms with Gasteiger partial charge in [-0.3, -0.25) is 5.32 Å². The van der Waals surface area contributed by atoms with Crippen LogP contribution in [0.1, 0.15) is 12.5 Å². The summed E-state index contributed by atoms with van der Waals surface area (Å²) in [6.07, 6.45) is 1.47. The number of carboxylic acid groups (broad SMARTS) is 1. The van der Waals surface area contributed by atoms with Crippen molar-refractivity contribution < 1.29 is 18.7 Å². The van der Waals surface area contributed by atoms with Gasteiger partial charge in [0.2, 0.25) is 0 Å². The molecule has 0 amide bonds. The summed E-state index contributed by atoms with van der Waals surface area (Å²) in [4.78, 5) is 11.2. The van der Waals surface area contributed by atoms with Crippen molar-refractivity contribution >= 4 is 5.97 Å². The topological polar surface area (TPSA) is 49.3 Å². The Morgan fingerprint density at radius 2 is 2.00 bits per heavy atom. The number of rotatable bonds is 5. The highest BCUT2D eigenvalue weighted by molar-refractivity contribution is 5.80. The molecule has 1 aromatic carbocycles. The summed E-state index contributed by atoms with van der Waals surface area (Å²) in [5, 5.41) is 11.8. The molecule has 0 aliphatic heterocycles. The zero-order valence-corrected chi connectivity index (χ0v) is 9.34. The number of halogens is 2. The Labute approximate surface area is 97.8 Å². The highest BCUT2D eigenvalue weighted by atomic mass is 19.1. The second kappa shape index (κ2) is 5.05. The average molecular weight is 241 g/mol. The molecule has 0 aliphatic rings. The number of hydrogen-bond acceptors (Lipinski definition) is 2. The van der Waals surface area contributed by atoms with Crippen LogP contribution in [-0.2, 0) is 10.3 Å². The second-order valence-electron chi connectivity index (χ2n) is 3.76. The van der Waals surface area contributed by atoms with Gasteiger partial charge in [-0.25, -0.2) is 13.6 Å². The normalized spacial score (nSPS) is 14.1. The average Bonchev–Trinajstić information content (AvgIpc) is 2.24. The Morgan fingerprint density at radius 3 is 2.41 bits per heavy atom. The second-order valence-corrected chi connectivity index (χ2v) is 3.76. The fourth-order valence-corrected chi connectivity index (χ4v) is 1.42. The molecular weight excluding hydrogens is 228 g/mol. The van der Waals surface area contributed by atoms with E-state index in [0.29, 0.717) is 6.07 Å². The third kappa shape index (κ3) is 2.88. The highest BCUT2D eigenvalue weighted by Crippen LogP contribution is 2.23. The van der Waals surface area contributed by atoms with Gasteiger partial charge in [0.15, 0.2) is 0 Å². The van der Waals surface area contributed by atoms with Crippen LogP contribution in [0.2, 0.25) is 0 Å². The summed E-state index contributed by atoms with van der Waals surface area (Å²) < 4.78 is 26.1. The van der Waals surface area contributed by atoms with Crippen molar-refractivity contribution in [3.63, 3.8) is 0 Å². The van der Waals surface area contributed by atoms with Gasteiger partial charge in [0.25, 0.3) is 0 Å². The molecule has 0 heterocycles.